The van der Waals surface area contributed by atoms with Crippen LogP contribution < -0.4 is 4.31 Å². The second-order valence-corrected chi connectivity index (χ2v) is 8.75. The summed E-state index contributed by atoms with van der Waals surface area (Å²) in [6, 6.07) is 7.05. The fourth-order valence-electron chi connectivity index (χ4n) is 2.70. The first kappa shape index (κ1) is 16.0. The van der Waals surface area contributed by atoms with Gasteiger partial charge < -0.3 is 4.52 Å². The molecule has 1 aromatic heterocycles. The van der Waals surface area contributed by atoms with Crippen LogP contribution in [0.4, 0.5) is 5.69 Å². The van der Waals surface area contributed by atoms with Crippen LogP contribution in [0.2, 0.25) is 0 Å². The van der Waals surface area contributed by atoms with E-state index >= 15 is 0 Å². The SMILES string of the molecule is CC(C)c1noc(C2Cc3ccccc3N2S(=O)(=O)C(C)C)n1. The van der Waals surface area contributed by atoms with Gasteiger partial charge in [-0.1, -0.05) is 37.2 Å². The molecule has 1 aromatic carbocycles. The van der Waals surface area contributed by atoms with Crippen molar-refractivity contribution in [1.82, 2.24) is 10.1 Å². The Morgan fingerprint density at radius 1 is 1.22 bits per heavy atom. The van der Waals surface area contributed by atoms with Crippen molar-refractivity contribution in [3.8, 4) is 0 Å². The topological polar surface area (TPSA) is 76.3 Å². The summed E-state index contributed by atoms with van der Waals surface area (Å²) >= 11 is 0. The molecule has 7 heteroatoms. The summed E-state index contributed by atoms with van der Waals surface area (Å²) in [6.45, 7) is 7.31. The van der Waals surface area contributed by atoms with E-state index < -0.39 is 21.3 Å². The average molecular weight is 335 g/mol. The van der Waals surface area contributed by atoms with Gasteiger partial charge in [0.25, 0.3) is 5.89 Å². The first-order valence-corrected chi connectivity index (χ1v) is 9.27. The molecule has 1 unspecified atom stereocenters. The Labute approximate surface area is 136 Å². The second kappa shape index (κ2) is 5.63. The third kappa shape index (κ3) is 2.63. The van der Waals surface area contributed by atoms with Gasteiger partial charge in [0.15, 0.2) is 5.82 Å². The van der Waals surface area contributed by atoms with Crippen LogP contribution in [0.5, 0.6) is 0 Å². The molecule has 0 bridgehead atoms. The summed E-state index contributed by atoms with van der Waals surface area (Å²) in [5.74, 6) is 1.08. The Balaban J connectivity index is 2.09. The van der Waals surface area contributed by atoms with Crippen LogP contribution in [0.1, 0.15) is 56.9 Å². The van der Waals surface area contributed by atoms with Gasteiger partial charge in [0.2, 0.25) is 10.0 Å². The molecule has 6 nitrogen and oxygen atoms in total. The molecule has 0 aliphatic carbocycles. The maximum Gasteiger partial charge on any atom is 0.250 e. The summed E-state index contributed by atoms with van der Waals surface area (Å²) in [5.41, 5.74) is 1.68. The monoisotopic (exact) mass is 335 g/mol. The fourth-order valence-corrected chi connectivity index (χ4v) is 4.13. The number of hydrogen-bond acceptors (Lipinski definition) is 5. The molecule has 1 aliphatic heterocycles. The van der Waals surface area contributed by atoms with Crippen LogP contribution in [0.3, 0.4) is 0 Å². The Bertz CT molecular complexity index is 811. The Morgan fingerprint density at radius 3 is 2.52 bits per heavy atom. The van der Waals surface area contributed by atoms with Crippen molar-refractivity contribution in [2.45, 2.75) is 51.3 Å². The molecule has 0 amide bonds. The zero-order valence-electron chi connectivity index (χ0n) is 13.7. The summed E-state index contributed by atoms with van der Waals surface area (Å²) in [7, 11) is -3.49. The molecular formula is C16H21N3O3S. The number of sulfonamides is 1. The van der Waals surface area contributed by atoms with Crippen molar-refractivity contribution in [3.05, 3.63) is 41.5 Å². The molecule has 0 radical (unpaired) electrons. The van der Waals surface area contributed by atoms with Gasteiger partial charge in [0, 0.05) is 12.3 Å². The molecule has 0 saturated heterocycles. The quantitative estimate of drug-likeness (QED) is 0.858. The van der Waals surface area contributed by atoms with Gasteiger partial charge in [-0.2, -0.15) is 4.98 Å². The van der Waals surface area contributed by atoms with E-state index in [1.54, 1.807) is 13.8 Å². The molecule has 0 saturated carbocycles. The van der Waals surface area contributed by atoms with E-state index in [0.717, 1.165) is 5.56 Å². The van der Waals surface area contributed by atoms with Gasteiger partial charge in [-0.25, -0.2) is 8.42 Å². The fraction of sp³-hybridized carbons (Fsp3) is 0.500. The van der Waals surface area contributed by atoms with Gasteiger partial charge in [-0.05, 0) is 25.5 Å². The predicted octanol–water partition coefficient (Wildman–Crippen LogP) is 3.04. The lowest BCUT2D eigenvalue weighted by atomic mass is 10.1. The van der Waals surface area contributed by atoms with Gasteiger partial charge >= 0.3 is 0 Å². The standard InChI is InChI=1S/C16H21N3O3S/c1-10(2)15-17-16(22-18-15)14-9-12-7-5-6-8-13(12)19(14)23(20,21)11(3)4/h5-8,10-11,14H,9H2,1-4H3. The van der Waals surface area contributed by atoms with Crippen molar-refractivity contribution in [2.75, 3.05) is 4.31 Å². The van der Waals surface area contributed by atoms with Crippen molar-refractivity contribution < 1.29 is 12.9 Å². The van der Waals surface area contributed by atoms with E-state index in [9.17, 15) is 8.42 Å². The van der Waals surface area contributed by atoms with E-state index in [2.05, 4.69) is 10.1 Å². The van der Waals surface area contributed by atoms with Crippen LogP contribution >= 0.6 is 0 Å². The van der Waals surface area contributed by atoms with Crippen LogP contribution in [-0.4, -0.2) is 23.8 Å². The van der Waals surface area contributed by atoms with E-state index in [-0.39, 0.29) is 5.92 Å². The largest absolute Gasteiger partial charge is 0.337 e. The number of hydrogen-bond donors (Lipinski definition) is 0. The number of nitrogens with zero attached hydrogens (tertiary/aromatic N) is 3. The number of rotatable bonds is 4. The Morgan fingerprint density at radius 2 is 1.91 bits per heavy atom. The maximum absolute atomic E-state index is 12.9. The minimum Gasteiger partial charge on any atom is -0.337 e. The maximum atomic E-state index is 12.9. The molecular weight excluding hydrogens is 314 g/mol. The van der Waals surface area contributed by atoms with Gasteiger partial charge in [0.1, 0.15) is 6.04 Å². The number of aromatic nitrogens is 2. The zero-order valence-corrected chi connectivity index (χ0v) is 14.5. The van der Waals surface area contributed by atoms with Gasteiger partial charge in [0.05, 0.1) is 10.9 Å². The lowest BCUT2D eigenvalue weighted by molar-refractivity contribution is 0.352. The summed E-state index contributed by atoms with van der Waals surface area (Å²) in [5, 5.41) is 3.45. The highest BCUT2D eigenvalue weighted by Gasteiger charge is 2.42. The first-order chi connectivity index (χ1) is 10.8. The summed E-state index contributed by atoms with van der Waals surface area (Å²) in [4.78, 5) is 4.41. The zero-order chi connectivity index (χ0) is 16.8. The van der Waals surface area contributed by atoms with Crippen LogP contribution in [0.15, 0.2) is 28.8 Å². The minimum atomic E-state index is -3.49. The van der Waals surface area contributed by atoms with Crippen molar-refractivity contribution in [3.63, 3.8) is 0 Å². The van der Waals surface area contributed by atoms with E-state index in [4.69, 9.17) is 4.52 Å². The number of benzene rings is 1. The molecule has 3 rings (SSSR count). The molecule has 2 aromatic rings. The van der Waals surface area contributed by atoms with Crippen molar-refractivity contribution in [1.29, 1.82) is 0 Å². The lowest BCUT2D eigenvalue weighted by Crippen LogP contribution is -2.37. The molecule has 2 heterocycles. The smallest absolute Gasteiger partial charge is 0.250 e. The minimum absolute atomic E-state index is 0.131. The molecule has 1 aliphatic rings. The molecule has 124 valence electrons. The normalized spacial score (nSPS) is 18.0. The third-order valence-corrected chi connectivity index (χ3v) is 6.25. The van der Waals surface area contributed by atoms with Crippen LogP contribution in [0, 0.1) is 0 Å². The Kier molecular flexibility index (Phi) is 3.91. The van der Waals surface area contributed by atoms with Crippen LogP contribution in [-0.2, 0) is 16.4 Å². The first-order valence-electron chi connectivity index (χ1n) is 7.77. The van der Waals surface area contributed by atoms with E-state index in [0.29, 0.717) is 23.8 Å². The lowest BCUT2D eigenvalue weighted by Gasteiger charge is -2.26. The van der Waals surface area contributed by atoms with Crippen LogP contribution in [0.25, 0.3) is 0 Å². The van der Waals surface area contributed by atoms with E-state index in [1.807, 2.05) is 38.1 Å². The van der Waals surface area contributed by atoms with Gasteiger partial charge in [-0.15, -0.1) is 0 Å². The highest BCUT2D eigenvalue weighted by molar-refractivity contribution is 7.93. The van der Waals surface area contributed by atoms with Gasteiger partial charge in [-0.3, -0.25) is 4.31 Å². The molecule has 23 heavy (non-hydrogen) atoms. The molecule has 0 spiro atoms. The van der Waals surface area contributed by atoms with E-state index in [1.165, 1.54) is 4.31 Å². The van der Waals surface area contributed by atoms with Crippen molar-refractivity contribution >= 4 is 15.7 Å². The average Bonchev–Trinajstić information content (AvgIpc) is 3.11. The number of para-hydroxylation sites is 1. The summed E-state index contributed by atoms with van der Waals surface area (Å²) < 4.78 is 32.5. The third-order valence-electron chi connectivity index (χ3n) is 4.05. The highest BCUT2D eigenvalue weighted by atomic mass is 32.2. The molecule has 0 fully saturated rings. The Hall–Kier alpha value is -1.89. The summed E-state index contributed by atoms with van der Waals surface area (Å²) in [6.07, 6.45) is 0.544. The predicted molar refractivity (Wildman–Crippen MR) is 87.8 cm³/mol. The highest BCUT2D eigenvalue weighted by Crippen LogP contribution is 2.42. The number of anilines is 1. The number of fused-ring (bicyclic) bond motifs is 1. The van der Waals surface area contributed by atoms with Crippen molar-refractivity contribution in [2.24, 2.45) is 0 Å². The molecule has 0 N–H and O–H groups in total. The second-order valence-electron chi connectivity index (χ2n) is 6.38. The molecule has 1 atom stereocenters.